The predicted octanol–water partition coefficient (Wildman–Crippen LogP) is 3.78. The third-order valence-electron chi connectivity index (χ3n) is 6.67. The smallest absolute Gasteiger partial charge is 0.127 e. The average Bonchev–Trinajstić information content (AvgIpc) is 2.76. The molecule has 1 atom stereocenters. The number of hydrogen-bond acceptors (Lipinski definition) is 4. The maximum absolute atomic E-state index is 14.0. The third-order valence-corrected chi connectivity index (χ3v) is 6.67. The van der Waals surface area contributed by atoms with Crippen LogP contribution in [0.3, 0.4) is 0 Å². The standard InChI is InChI=1S/C24H33FN4/c1-27(22-10-14-28(15-11-22)17-20-6-4-12-26-16-20)23-8-5-13-29(19-23)18-21-7-2-3-9-24(21)25/h2-4,6-7,9,12,16,22-23H,5,8,10-11,13-15,17-19H2,1H3. The zero-order valence-corrected chi connectivity index (χ0v) is 17.5. The first kappa shape index (κ1) is 20.5. The molecule has 2 aliphatic rings. The molecule has 4 nitrogen and oxygen atoms in total. The molecule has 1 aromatic carbocycles. The maximum atomic E-state index is 14.0. The van der Waals surface area contributed by atoms with Gasteiger partial charge in [0.1, 0.15) is 5.82 Å². The van der Waals surface area contributed by atoms with Crippen LogP contribution in [0.15, 0.2) is 48.8 Å². The predicted molar refractivity (Wildman–Crippen MR) is 115 cm³/mol. The van der Waals surface area contributed by atoms with E-state index in [2.05, 4.69) is 32.8 Å². The highest BCUT2D eigenvalue weighted by atomic mass is 19.1. The number of halogens is 1. The topological polar surface area (TPSA) is 22.6 Å². The fraction of sp³-hybridized carbons (Fsp3) is 0.542. The van der Waals surface area contributed by atoms with Gasteiger partial charge < -0.3 is 0 Å². The fourth-order valence-electron chi connectivity index (χ4n) is 4.91. The fourth-order valence-corrected chi connectivity index (χ4v) is 4.91. The zero-order valence-electron chi connectivity index (χ0n) is 17.5. The number of piperidine rings is 2. The maximum Gasteiger partial charge on any atom is 0.127 e. The molecule has 2 aromatic rings. The molecule has 29 heavy (non-hydrogen) atoms. The summed E-state index contributed by atoms with van der Waals surface area (Å²) in [4.78, 5) is 11.8. The molecule has 0 spiro atoms. The number of likely N-dealkylation sites (N-methyl/N-ethyl adjacent to an activating group) is 1. The lowest BCUT2D eigenvalue weighted by molar-refractivity contribution is 0.0500. The molecule has 4 rings (SSSR count). The van der Waals surface area contributed by atoms with Crippen molar-refractivity contribution in [2.75, 3.05) is 33.2 Å². The second-order valence-electron chi connectivity index (χ2n) is 8.66. The normalized spacial score (nSPS) is 22.2. The molecule has 2 fully saturated rings. The molecule has 2 aliphatic heterocycles. The van der Waals surface area contributed by atoms with Gasteiger partial charge in [-0.05, 0) is 70.1 Å². The van der Waals surface area contributed by atoms with Crippen molar-refractivity contribution in [1.82, 2.24) is 19.7 Å². The summed E-state index contributed by atoms with van der Waals surface area (Å²) in [6.45, 7) is 6.14. The van der Waals surface area contributed by atoms with E-state index < -0.39 is 0 Å². The molecule has 1 unspecified atom stereocenters. The molecule has 0 saturated carbocycles. The van der Waals surface area contributed by atoms with E-state index in [9.17, 15) is 4.39 Å². The second kappa shape index (κ2) is 9.79. The molecular weight excluding hydrogens is 363 g/mol. The molecule has 0 aliphatic carbocycles. The first-order chi connectivity index (χ1) is 14.2. The number of rotatable bonds is 6. The summed E-state index contributed by atoms with van der Waals surface area (Å²) < 4.78 is 14.0. The Morgan fingerprint density at radius 3 is 2.55 bits per heavy atom. The van der Waals surface area contributed by atoms with Gasteiger partial charge in [0.25, 0.3) is 0 Å². The van der Waals surface area contributed by atoms with E-state index in [1.54, 1.807) is 12.1 Å². The van der Waals surface area contributed by atoms with E-state index in [1.165, 1.54) is 31.2 Å². The highest BCUT2D eigenvalue weighted by molar-refractivity contribution is 5.17. The van der Waals surface area contributed by atoms with Crippen LogP contribution in [0.2, 0.25) is 0 Å². The highest BCUT2D eigenvalue weighted by Crippen LogP contribution is 2.24. The molecule has 5 heteroatoms. The Morgan fingerprint density at radius 1 is 0.966 bits per heavy atom. The number of nitrogens with zero attached hydrogens (tertiary/aromatic N) is 4. The van der Waals surface area contributed by atoms with Crippen molar-refractivity contribution < 1.29 is 4.39 Å². The lowest BCUT2D eigenvalue weighted by Crippen LogP contribution is -2.52. The van der Waals surface area contributed by atoms with Crippen LogP contribution in [0.1, 0.15) is 36.8 Å². The second-order valence-corrected chi connectivity index (χ2v) is 8.66. The minimum absolute atomic E-state index is 0.0797. The van der Waals surface area contributed by atoms with Crippen LogP contribution >= 0.6 is 0 Å². The Balaban J connectivity index is 1.27. The van der Waals surface area contributed by atoms with Crippen LogP contribution in [0.5, 0.6) is 0 Å². The third kappa shape index (κ3) is 5.41. The van der Waals surface area contributed by atoms with E-state index in [1.807, 2.05) is 30.6 Å². The largest absolute Gasteiger partial charge is 0.299 e. The minimum atomic E-state index is -0.0797. The van der Waals surface area contributed by atoms with Gasteiger partial charge in [0, 0.05) is 49.7 Å². The van der Waals surface area contributed by atoms with Gasteiger partial charge in [0.05, 0.1) is 0 Å². The summed E-state index contributed by atoms with van der Waals surface area (Å²) in [7, 11) is 2.30. The summed E-state index contributed by atoms with van der Waals surface area (Å²) in [5, 5.41) is 0. The van der Waals surface area contributed by atoms with Crippen molar-refractivity contribution in [3.8, 4) is 0 Å². The summed E-state index contributed by atoms with van der Waals surface area (Å²) >= 11 is 0. The SMILES string of the molecule is CN(C1CCN(Cc2cccnc2)CC1)C1CCCN(Cc2ccccc2F)C1. The van der Waals surface area contributed by atoms with Gasteiger partial charge in [-0.3, -0.25) is 19.7 Å². The summed E-state index contributed by atoms with van der Waals surface area (Å²) in [5.74, 6) is -0.0797. The number of likely N-dealkylation sites (tertiary alicyclic amines) is 2. The van der Waals surface area contributed by atoms with Crippen molar-refractivity contribution in [2.45, 2.75) is 50.9 Å². The van der Waals surface area contributed by atoms with E-state index >= 15 is 0 Å². The molecule has 156 valence electrons. The number of hydrogen-bond donors (Lipinski definition) is 0. The first-order valence-electron chi connectivity index (χ1n) is 11.0. The zero-order chi connectivity index (χ0) is 20.1. The highest BCUT2D eigenvalue weighted by Gasteiger charge is 2.30. The van der Waals surface area contributed by atoms with E-state index in [4.69, 9.17) is 0 Å². The Morgan fingerprint density at radius 2 is 1.79 bits per heavy atom. The van der Waals surface area contributed by atoms with Crippen LogP contribution < -0.4 is 0 Å². The van der Waals surface area contributed by atoms with Gasteiger partial charge >= 0.3 is 0 Å². The Hall–Kier alpha value is -1.82. The monoisotopic (exact) mass is 396 g/mol. The quantitative estimate of drug-likeness (QED) is 0.741. The van der Waals surface area contributed by atoms with Gasteiger partial charge in [-0.25, -0.2) is 4.39 Å². The molecule has 2 saturated heterocycles. The minimum Gasteiger partial charge on any atom is -0.299 e. The van der Waals surface area contributed by atoms with Gasteiger partial charge in [-0.2, -0.15) is 0 Å². The lowest BCUT2D eigenvalue weighted by Gasteiger charge is -2.44. The van der Waals surface area contributed by atoms with E-state index in [-0.39, 0.29) is 5.82 Å². The van der Waals surface area contributed by atoms with Crippen LogP contribution in [0.4, 0.5) is 4.39 Å². The Labute approximate surface area is 174 Å². The molecular formula is C24H33FN4. The Kier molecular flexibility index (Phi) is 6.90. The Bertz CT molecular complexity index is 760. The average molecular weight is 397 g/mol. The van der Waals surface area contributed by atoms with Crippen molar-refractivity contribution in [1.29, 1.82) is 0 Å². The van der Waals surface area contributed by atoms with Crippen molar-refractivity contribution in [3.05, 3.63) is 65.7 Å². The van der Waals surface area contributed by atoms with Gasteiger partial charge in [0.2, 0.25) is 0 Å². The summed E-state index contributed by atoms with van der Waals surface area (Å²) in [5.41, 5.74) is 2.12. The molecule has 3 heterocycles. The van der Waals surface area contributed by atoms with E-state index in [0.29, 0.717) is 12.1 Å². The molecule has 0 amide bonds. The van der Waals surface area contributed by atoms with Crippen LogP contribution in [-0.4, -0.2) is 65.0 Å². The number of aromatic nitrogens is 1. The number of pyridine rings is 1. The molecule has 1 aromatic heterocycles. The van der Waals surface area contributed by atoms with Crippen molar-refractivity contribution in [3.63, 3.8) is 0 Å². The van der Waals surface area contributed by atoms with Crippen molar-refractivity contribution >= 4 is 0 Å². The summed E-state index contributed by atoms with van der Waals surface area (Å²) in [6.07, 6.45) is 8.71. The lowest BCUT2D eigenvalue weighted by atomic mass is 9.97. The molecule has 0 radical (unpaired) electrons. The van der Waals surface area contributed by atoms with E-state index in [0.717, 1.165) is 44.8 Å². The van der Waals surface area contributed by atoms with Crippen LogP contribution in [0, 0.1) is 5.82 Å². The number of benzene rings is 1. The summed E-state index contributed by atoms with van der Waals surface area (Å²) in [6, 6.07) is 12.6. The van der Waals surface area contributed by atoms with Gasteiger partial charge in [-0.1, -0.05) is 24.3 Å². The van der Waals surface area contributed by atoms with Crippen LogP contribution in [-0.2, 0) is 13.1 Å². The van der Waals surface area contributed by atoms with Crippen molar-refractivity contribution in [2.24, 2.45) is 0 Å². The molecule has 0 N–H and O–H groups in total. The first-order valence-corrected chi connectivity index (χ1v) is 11.0. The van der Waals surface area contributed by atoms with Crippen LogP contribution in [0.25, 0.3) is 0 Å². The van der Waals surface area contributed by atoms with Gasteiger partial charge in [0.15, 0.2) is 0 Å². The molecule has 0 bridgehead atoms. The van der Waals surface area contributed by atoms with Gasteiger partial charge in [-0.15, -0.1) is 0 Å².